The first-order valence-electron chi connectivity index (χ1n) is 11.5. The summed E-state index contributed by atoms with van der Waals surface area (Å²) in [5.41, 5.74) is 3.67. The summed E-state index contributed by atoms with van der Waals surface area (Å²) in [5, 5.41) is 13.7. The Balaban J connectivity index is 1.59. The molecular formula is C25H29N7O. The van der Waals surface area contributed by atoms with Gasteiger partial charge in [-0.1, -0.05) is 49.4 Å². The number of rotatable bonds is 6. The molecule has 170 valence electrons. The number of likely N-dealkylation sites (N-methyl/N-ethyl adjacent to an activating group) is 1. The summed E-state index contributed by atoms with van der Waals surface area (Å²) in [5.74, 6) is 0.695. The van der Waals surface area contributed by atoms with Gasteiger partial charge in [-0.25, -0.2) is 4.68 Å². The number of tetrazole rings is 1. The molecule has 0 amide bonds. The van der Waals surface area contributed by atoms with Crippen LogP contribution in [-0.4, -0.2) is 67.7 Å². The Hall–Kier alpha value is -3.36. The SMILES string of the molecule is CCN1CCN([C@@H](c2cc3ccc(C)cc3[nH]c2=O)c2nnnn2Cc2ccccc2)CC1. The first-order valence-corrected chi connectivity index (χ1v) is 11.5. The van der Waals surface area contributed by atoms with Crippen molar-refractivity contribution in [2.75, 3.05) is 32.7 Å². The standard InChI is InChI=1S/C25H29N7O/c1-3-30-11-13-31(14-12-30)23(21-16-20-10-9-18(2)15-22(20)26-25(21)33)24-27-28-29-32(24)17-19-7-5-4-6-8-19/h4-10,15-16,23H,3,11-14,17H2,1-2H3,(H,26,33)/t23-/m0/s1. The number of pyridine rings is 1. The van der Waals surface area contributed by atoms with Crippen LogP contribution in [0.5, 0.6) is 0 Å². The third-order valence-corrected chi connectivity index (χ3v) is 6.52. The van der Waals surface area contributed by atoms with Crippen LogP contribution in [-0.2, 0) is 6.54 Å². The summed E-state index contributed by atoms with van der Waals surface area (Å²) in [6.45, 7) is 9.41. The van der Waals surface area contributed by atoms with Crippen LogP contribution in [0.1, 0.15) is 35.5 Å². The van der Waals surface area contributed by atoms with E-state index in [4.69, 9.17) is 0 Å². The maximum absolute atomic E-state index is 13.3. The van der Waals surface area contributed by atoms with Crippen LogP contribution in [0.3, 0.4) is 0 Å². The molecule has 1 saturated heterocycles. The molecule has 4 aromatic rings. The largest absolute Gasteiger partial charge is 0.322 e. The van der Waals surface area contributed by atoms with Gasteiger partial charge in [-0.05, 0) is 52.5 Å². The normalized spacial score (nSPS) is 16.3. The summed E-state index contributed by atoms with van der Waals surface area (Å²) >= 11 is 0. The van der Waals surface area contributed by atoms with Crippen LogP contribution >= 0.6 is 0 Å². The molecule has 3 heterocycles. The van der Waals surface area contributed by atoms with Crippen molar-refractivity contribution >= 4 is 10.9 Å². The second kappa shape index (κ2) is 9.25. The summed E-state index contributed by atoms with van der Waals surface area (Å²) in [6, 6.07) is 18.0. The molecule has 0 radical (unpaired) electrons. The summed E-state index contributed by atoms with van der Waals surface area (Å²) < 4.78 is 1.82. The highest BCUT2D eigenvalue weighted by Gasteiger charge is 2.32. The number of H-pyrrole nitrogens is 1. The molecule has 8 nitrogen and oxygen atoms in total. The third-order valence-electron chi connectivity index (χ3n) is 6.52. The van der Waals surface area contributed by atoms with Crippen molar-refractivity contribution in [3.05, 3.63) is 87.5 Å². The number of nitrogens with one attached hydrogen (secondary N) is 1. The van der Waals surface area contributed by atoms with Gasteiger partial charge in [0, 0.05) is 37.3 Å². The first-order chi connectivity index (χ1) is 16.1. The molecule has 1 N–H and O–H groups in total. The van der Waals surface area contributed by atoms with Gasteiger partial charge in [-0.2, -0.15) is 0 Å². The van der Waals surface area contributed by atoms with E-state index in [-0.39, 0.29) is 11.6 Å². The molecule has 1 aliphatic heterocycles. The zero-order valence-corrected chi connectivity index (χ0v) is 19.1. The molecule has 0 spiro atoms. The van der Waals surface area contributed by atoms with Crippen LogP contribution in [0.15, 0.2) is 59.4 Å². The maximum atomic E-state index is 13.3. The number of hydrogen-bond donors (Lipinski definition) is 1. The van der Waals surface area contributed by atoms with Gasteiger partial charge in [0.05, 0.1) is 6.54 Å². The van der Waals surface area contributed by atoms with E-state index >= 15 is 0 Å². The second-order valence-electron chi connectivity index (χ2n) is 8.70. The lowest BCUT2D eigenvalue weighted by molar-refractivity contribution is 0.108. The average molecular weight is 444 g/mol. The molecule has 1 atom stereocenters. The highest BCUT2D eigenvalue weighted by molar-refractivity contribution is 5.79. The Morgan fingerprint density at radius 2 is 1.82 bits per heavy atom. The minimum Gasteiger partial charge on any atom is -0.322 e. The van der Waals surface area contributed by atoms with E-state index in [1.165, 1.54) is 0 Å². The van der Waals surface area contributed by atoms with Gasteiger partial charge in [0.15, 0.2) is 5.82 Å². The summed E-state index contributed by atoms with van der Waals surface area (Å²) in [7, 11) is 0. The monoisotopic (exact) mass is 443 g/mol. The molecule has 33 heavy (non-hydrogen) atoms. The van der Waals surface area contributed by atoms with Gasteiger partial charge in [0.1, 0.15) is 6.04 Å². The number of benzene rings is 2. The molecule has 0 unspecified atom stereocenters. The summed E-state index contributed by atoms with van der Waals surface area (Å²) in [6.07, 6.45) is 0. The second-order valence-corrected chi connectivity index (χ2v) is 8.70. The lowest BCUT2D eigenvalue weighted by atomic mass is 10.0. The summed E-state index contributed by atoms with van der Waals surface area (Å²) in [4.78, 5) is 21.2. The van der Waals surface area contributed by atoms with Crippen LogP contribution in [0, 0.1) is 6.92 Å². The maximum Gasteiger partial charge on any atom is 0.253 e. The van der Waals surface area contributed by atoms with E-state index in [9.17, 15) is 4.79 Å². The fourth-order valence-electron chi connectivity index (χ4n) is 4.65. The van der Waals surface area contributed by atoms with E-state index in [0.717, 1.165) is 54.8 Å². The van der Waals surface area contributed by atoms with E-state index in [0.29, 0.717) is 17.9 Å². The fourth-order valence-corrected chi connectivity index (χ4v) is 4.65. The van der Waals surface area contributed by atoms with Gasteiger partial charge < -0.3 is 9.88 Å². The molecule has 2 aromatic heterocycles. The number of fused-ring (bicyclic) bond motifs is 1. The number of piperazine rings is 1. The fraction of sp³-hybridized carbons (Fsp3) is 0.360. The number of aromatic amines is 1. The molecular weight excluding hydrogens is 414 g/mol. The predicted molar refractivity (Wildman–Crippen MR) is 128 cm³/mol. The van der Waals surface area contributed by atoms with E-state index in [1.807, 2.05) is 41.9 Å². The van der Waals surface area contributed by atoms with Crippen molar-refractivity contribution < 1.29 is 0 Å². The van der Waals surface area contributed by atoms with Crippen molar-refractivity contribution in [3.8, 4) is 0 Å². The van der Waals surface area contributed by atoms with Gasteiger partial charge in [0.2, 0.25) is 0 Å². The molecule has 1 fully saturated rings. The minimum atomic E-state index is -0.322. The lowest BCUT2D eigenvalue weighted by Crippen LogP contribution is -2.49. The molecule has 8 heteroatoms. The minimum absolute atomic E-state index is 0.0923. The van der Waals surface area contributed by atoms with Gasteiger partial charge in [-0.3, -0.25) is 9.69 Å². The number of aryl methyl sites for hydroxylation is 1. The van der Waals surface area contributed by atoms with Gasteiger partial charge in [-0.15, -0.1) is 5.10 Å². The number of aromatic nitrogens is 5. The highest BCUT2D eigenvalue weighted by atomic mass is 16.1. The number of nitrogens with zero attached hydrogens (tertiary/aromatic N) is 6. The van der Waals surface area contributed by atoms with Crippen LogP contribution < -0.4 is 5.56 Å². The third kappa shape index (κ3) is 4.44. The smallest absolute Gasteiger partial charge is 0.253 e. The van der Waals surface area contributed by atoms with Crippen LogP contribution in [0.2, 0.25) is 0 Å². The molecule has 2 aromatic carbocycles. The Kier molecular flexibility index (Phi) is 6.02. The van der Waals surface area contributed by atoms with Crippen molar-refractivity contribution in [2.45, 2.75) is 26.4 Å². The topological polar surface area (TPSA) is 82.9 Å². The van der Waals surface area contributed by atoms with Crippen molar-refractivity contribution in [2.24, 2.45) is 0 Å². The van der Waals surface area contributed by atoms with Crippen LogP contribution in [0.4, 0.5) is 0 Å². The molecule has 0 aliphatic carbocycles. The molecule has 1 aliphatic rings. The first kappa shape index (κ1) is 21.5. The Morgan fingerprint density at radius 3 is 2.58 bits per heavy atom. The van der Waals surface area contributed by atoms with E-state index in [2.05, 4.69) is 61.5 Å². The highest BCUT2D eigenvalue weighted by Crippen LogP contribution is 2.28. The average Bonchev–Trinajstić information content (AvgIpc) is 3.28. The van der Waals surface area contributed by atoms with Crippen molar-refractivity contribution in [1.29, 1.82) is 0 Å². The Morgan fingerprint density at radius 1 is 1.03 bits per heavy atom. The number of hydrogen-bond acceptors (Lipinski definition) is 6. The predicted octanol–water partition coefficient (Wildman–Crippen LogP) is 2.60. The quantitative estimate of drug-likeness (QED) is 0.493. The van der Waals surface area contributed by atoms with E-state index < -0.39 is 0 Å². The van der Waals surface area contributed by atoms with Gasteiger partial charge in [0.25, 0.3) is 5.56 Å². The van der Waals surface area contributed by atoms with Gasteiger partial charge >= 0.3 is 0 Å². The van der Waals surface area contributed by atoms with Crippen LogP contribution in [0.25, 0.3) is 10.9 Å². The molecule has 0 saturated carbocycles. The zero-order valence-electron chi connectivity index (χ0n) is 19.1. The zero-order chi connectivity index (χ0) is 22.8. The molecule has 0 bridgehead atoms. The van der Waals surface area contributed by atoms with Crippen molar-refractivity contribution in [3.63, 3.8) is 0 Å². The lowest BCUT2D eigenvalue weighted by Gasteiger charge is -2.38. The Bertz CT molecular complexity index is 1290. The Labute approximate surface area is 192 Å². The molecule has 5 rings (SSSR count). The van der Waals surface area contributed by atoms with E-state index in [1.54, 1.807) is 0 Å². The van der Waals surface area contributed by atoms with Crippen molar-refractivity contribution in [1.82, 2.24) is 35.0 Å².